The number of nitrogens with one attached hydrogen (secondary N) is 1. The highest BCUT2D eigenvalue weighted by molar-refractivity contribution is 8.00. The first kappa shape index (κ1) is 21.6. The van der Waals surface area contributed by atoms with E-state index in [1.54, 1.807) is 38.4 Å². The molecule has 5 nitrogen and oxygen atoms in total. The van der Waals surface area contributed by atoms with E-state index in [2.05, 4.69) is 10.1 Å². The second-order valence-electron chi connectivity index (χ2n) is 5.96. The summed E-state index contributed by atoms with van der Waals surface area (Å²) in [5.74, 6) is -0.213. The second kappa shape index (κ2) is 9.50. The molecule has 0 aliphatic heterocycles. The van der Waals surface area contributed by atoms with Gasteiger partial charge in [0.2, 0.25) is 5.91 Å². The van der Waals surface area contributed by atoms with Gasteiger partial charge in [0, 0.05) is 24.7 Å². The van der Waals surface area contributed by atoms with E-state index >= 15 is 0 Å². The van der Waals surface area contributed by atoms with Crippen LogP contribution >= 0.6 is 11.8 Å². The third-order valence-electron chi connectivity index (χ3n) is 3.50. The molecule has 0 saturated heterocycles. The molecule has 0 spiro atoms. The van der Waals surface area contributed by atoms with Gasteiger partial charge >= 0.3 is 6.18 Å². The van der Waals surface area contributed by atoms with Crippen molar-refractivity contribution in [2.45, 2.75) is 11.1 Å². The van der Waals surface area contributed by atoms with Crippen molar-refractivity contribution < 1.29 is 27.5 Å². The van der Waals surface area contributed by atoms with Crippen LogP contribution in [0, 0.1) is 0 Å². The maximum Gasteiger partial charge on any atom is 0.422 e. The summed E-state index contributed by atoms with van der Waals surface area (Å²) in [5.41, 5.74) is 0.810. The van der Waals surface area contributed by atoms with Gasteiger partial charge in [-0.1, -0.05) is 12.1 Å². The van der Waals surface area contributed by atoms with Gasteiger partial charge in [0.05, 0.1) is 11.3 Å². The highest BCUT2D eigenvalue weighted by Gasteiger charge is 2.28. The number of thioether (sulfide) groups is 1. The Labute approximate surface area is 164 Å². The van der Waals surface area contributed by atoms with Crippen LogP contribution < -0.4 is 10.1 Å². The molecule has 0 fully saturated rings. The van der Waals surface area contributed by atoms with Crippen molar-refractivity contribution in [3.63, 3.8) is 0 Å². The molecule has 0 heterocycles. The fraction of sp³-hybridized carbons (Fsp3) is 0.263. The SMILES string of the molecule is CN(C)C(=O)CSc1ccccc1C(=O)Nc1ccc(OCC(F)(F)F)cc1. The van der Waals surface area contributed by atoms with Crippen LogP contribution in [-0.2, 0) is 4.79 Å². The Balaban J connectivity index is 2.02. The van der Waals surface area contributed by atoms with E-state index < -0.39 is 12.8 Å². The molecule has 0 aliphatic carbocycles. The molecule has 1 N–H and O–H groups in total. The fourth-order valence-corrected chi connectivity index (χ4v) is 3.07. The minimum Gasteiger partial charge on any atom is -0.484 e. The van der Waals surface area contributed by atoms with Gasteiger partial charge in [-0.3, -0.25) is 9.59 Å². The number of carbonyl (C=O) groups excluding carboxylic acids is 2. The van der Waals surface area contributed by atoms with E-state index in [0.717, 1.165) is 0 Å². The highest BCUT2D eigenvalue weighted by Crippen LogP contribution is 2.25. The van der Waals surface area contributed by atoms with Crippen molar-refractivity contribution in [2.24, 2.45) is 0 Å². The Hall–Kier alpha value is -2.68. The predicted octanol–water partition coefficient (Wildman–Crippen LogP) is 4.06. The van der Waals surface area contributed by atoms with Crippen molar-refractivity contribution in [2.75, 3.05) is 31.8 Å². The zero-order valence-corrected chi connectivity index (χ0v) is 16.1. The molecule has 0 aliphatic rings. The molecular formula is C19H19F3N2O3S. The first-order valence-electron chi connectivity index (χ1n) is 8.18. The third-order valence-corrected chi connectivity index (χ3v) is 4.55. The number of carbonyl (C=O) groups is 2. The molecule has 0 atom stereocenters. The van der Waals surface area contributed by atoms with Crippen LogP contribution in [0.5, 0.6) is 5.75 Å². The van der Waals surface area contributed by atoms with Crippen LogP contribution in [0.2, 0.25) is 0 Å². The maximum absolute atomic E-state index is 12.6. The molecule has 28 heavy (non-hydrogen) atoms. The number of hydrogen-bond donors (Lipinski definition) is 1. The van der Waals surface area contributed by atoms with Crippen LogP contribution in [-0.4, -0.2) is 49.3 Å². The van der Waals surface area contributed by atoms with Crippen LogP contribution in [0.4, 0.5) is 18.9 Å². The Morgan fingerprint density at radius 1 is 1.07 bits per heavy atom. The average Bonchev–Trinajstić information content (AvgIpc) is 2.65. The molecule has 0 aromatic heterocycles. The highest BCUT2D eigenvalue weighted by atomic mass is 32.2. The number of ether oxygens (including phenoxy) is 1. The first-order chi connectivity index (χ1) is 13.2. The monoisotopic (exact) mass is 412 g/mol. The first-order valence-corrected chi connectivity index (χ1v) is 9.17. The fourth-order valence-electron chi connectivity index (χ4n) is 2.05. The van der Waals surface area contributed by atoms with Gasteiger partial charge in [-0.15, -0.1) is 11.8 Å². The summed E-state index contributed by atoms with van der Waals surface area (Å²) in [6, 6.07) is 12.5. The molecule has 2 aromatic rings. The zero-order chi connectivity index (χ0) is 20.7. The zero-order valence-electron chi connectivity index (χ0n) is 15.2. The Kier molecular flexibility index (Phi) is 7.33. The number of anilines is 1. The Bertz CT molecular complexity index is 824. The van der Waals surface area contributed by atoms with E-state index in [9.17, 15) is 22.8 Å². The number of benzene rings is 2. The Morgan fingerprint density at radius 2 is 1.71 bits per heavy atom. The smallest absolute Gasteiger partial charge is 0.422 e. The van der Waals surface area contributed by atoms with Crippen molar-refractivity contribution >= 4 is 29.3 Å². The van der Waals surface area contributed by atoms with Crippen molar-refractivity contribution in [3.8, 4) is 5.75 Å². The van der Waals surface area contributed by atoms with E-state index in [-0.39, 0.29) is 23.3 Å². The topological polar surface area (TPSA) is 58.6 Å². The number of nitrogens with zero attached hydrogens (tertiary/aromatic N) is 1. The lowest BCUT2D eigenvalue weighted by Crippen LogP contribution is -2.23. The lowest BCUT2D eigenvalue weighted by Gasteiger charge is -2.13. The molecule has 150 valence electrons. The molecule has 2 aromatic carbocycles. The summed E-state index contributed by atoms with van der Waals surface area (Å²) in [6.07, 6.45) is -4.41. The van der Waals surface area contributed by atoms with Crippen molar-refractivity contribution in [3.05, 3.63) is 54.1 Å². The van der Waals surface area contributed by atoms with Crippen LogP contribution in [0.15, 0.2) is 53.4 Å². The lowest BCUT2D eigenvalue weighted by molar-refractivity contribution is -0.153. The molecule has 0 unspecified atom stereocenters. The summed E-state index contributed by atoms with van der Waals surface area (Å²) in [7, 11) is 3.31. The largest absolute Gasteiger partial charge is 0.484 e. The summed E-state index contributed by atoms with van der Waals surface area (Å²) in [4.78, 5) is 26.4. The molecule has 9 heteroatoms. The van der Waals surface area contributed by atoms with Gasteiger partial charge in [0.15, 0.2) is 6.61 Å². The van der Waals surface area contributed by atoms with E-state index in [0.29, 0.717) is 16.1 Å². The van der Waals surface area contributed by atoms with Gasteiger partial charge in [0.25, 0.3) is 5.91 Å². The number of alkyl halides is 3. The van der Waals surface area contributed by atoms with Gasteiger partial charge < -0.3 is 15.0 Å². The van der Waals surface area contributed by atoms with Crippen molar-refractivity contribution in [1.29, 1.82) is 0 Å². The number of hydrogen-bond acceptors (Lipinski definition) is 4. The lowest BCUT2D eigenvalue weighted by atomic mass is 10.2. The minimum absolute atomic E-state index is 0.0495. The molecule has 0 radical (unpaired) electrons. The number of amides is 2. The maximum atomic E-state index is 12.6. The van der Waals surface area contributed by atoms with E-state index in [4.69, 9.17) is 0 Å². The average molecular weight is 412 g/mol. The van der Waals surface area contributed by atoms with Gasteiger partial charge in [-0.25, -0.2) is 0 Å². The molecule has 0 bridgehead atoms. The predicted molar refractivity (Wildman–Crippen MR) is 102 cm³/mol. The summed E-state index contributed by atoms with van der Waals surface area (Å²) in [6.45, 7) is -1.38. The van der Waals surface area contributed by atoms with E-state index in [1.165, 1.54) is 40.9 Å². The third kappa shape index (κ3) is 6.80. The minimum atomic E-state index is -4.41. The summed E-state index contributed by atoms with van der Waals surface area (Å²) < 4.78 is 41.1. The molecule has 0 saturated carbocycles. The van der Waals surface area contributed by atoms with E-state index in [1.807, 2.05) is 0 Å². The normalized spacial score (nSPS) is 11.0. The van der Waals surface area contributed by atoms with Gasteiger partial charge in [0.1, 0.15) is 5.75 Å². The molecule has 2 rings (SSSR count). The van der Waals surface area contributed by atoms with Gasteiger partial charge in [-0.05, 0) is 36.4 Å². The van der Waals surface area contributed by atoms with Crippen LogP contribution in [0.3, 0.4) is 0 Å². The standard InChI is InChI=1S/C19H19F3N2O3S/c1-24(2)17(25)11-28-16-6-4-3-5-15(16)18(26)23-13-7-9-14(10-8-13)27-12-19(20,21)22/h3-10H,11-12H2,1-2H3,(H,23,26). The van der Waals surface area contributed by atoms with Crippen molar-refractivity contribution in [1.82, 2.24) is 4.90 Å². The summed E-state index contributed by atoms with van der Waals surface area (Å²) in [5, 5.41) is 2.68. The molecular weight excluding hydrogens is 393 g/mol. The van der Waals surface area contributed by atoms with Crippen LogP contribution in [0.25, 0.3) is 0 Å². The quantitative estimate of drug-likeness (QED) is 0.697. The van der Waals surface area contributed by atoms with Crippen LogP contribution in [0.1, 0.15) is 10.4 Å². The number of rotatable bonds is 7. The second-order valence-corrected chi connectivity index (χ2v) is 6.97. The summed E-state index contributed by atoms with van der Waals surface area (Å²) >= 11 is 1.26. The molecule has 2 amide bonds. The number of halogens is 3. The van der Waals surface area contributed by atoms with Gasteiger partial charge in [-0.2, -0.15) is 13.2 Å². The Morgan fingerprint density at radius 3 is 2.32 bits per heavy atom.